The van der Waals surface area contributed by atoms with Crippen LogP contribution in [-0.2, 0) is 4.79 Å². The van der Waals surface area contributed by atoms with Gasteiger partial charge in [-0.05, 0) is 66.8 Å². The van der Waals surface area contributed by atoms with Crippen molar-refractivity contribution >= 4 is 40.3 Å². The second-order valence-corrected chi connectivity index (χ2v) is 8.96. The van der Waals surface area contributed by atoms with Crippen molar-refractivity contribution in [2.75, 3.05) is 17.3 Å². The van der Waals surface area contributed by atoms with E-state index in [1.807, 2.05) is 41.3 Å². The van der Waals surface area contributed by atoms with Gasteiger partial charge in [-0.3, -0.25) is 19.9 Å². The first-order valence-electron chi connectivity index (χ1n) is 11.7. The van der Waals surface area contributed by atoms with E-state index in [1.165, 1.54) is 26.2 Å². The first-order chi connectivity index (χ1) is 18.4. The molecule has 0 saturated carbocycles. The fourth-order valence-corrected chi connectivity index (χ4v) is 4.82. The van der Waals surface area contributed by atoms with Crippen LogP contribution in [0.25, 0.3) is 11.3 Å². The van der Waals surface area contributed by atoms with E-state index in [9.17, 15) is 14.9 Å². The summed E-state index contributed by atoms with van der Waals surface area (Å²) in [5.41, 5.74) is 2.69. The number of hydrogen-bond donors (Lipinski definition) is 2. The number of nitrogens with one attached hydrogen (secondary N) is 2. The predicted octanol–water partition coefficient (Wildman–Crippen LogP) is 5.39. The molecule has 10 nitrogen and oxygen atoms in total. The molecule has 1 saturated heterocycles. The van der Waals surface area contributed by atoms with Crippen molar-refractivity contribution in [2.24, 2.45) is 0 Å². The Morgan fingerprint density at radius 1 is 1.16 bits per heavy atom. The zero-order chi connectivity index (χ0) is 26.8. The van der Waals surface area contributed by atoms with Gasteiger partial charge < -0.3 is 24.7 Å². The number of hydrogen-bond acceptors (Lipinski definition) is 7. The Bertz CT molecular complexity index is 1510. The van der Waals surface area contributed by atoms with Gasteiger partial charge in [-0.25, -0.2) is 0 Å². The van der Waals surface area contributed by atoms with Gasteiger partial charge in [0.1, 0.15) is 23.3 Å². The van der Waals surface area contributed by atoms with Crippen molar-refractivity contribution in [3.05, 3.63) is 101 Å². The van der Waals surface area contributed by atoms with Gasteiger partial charge in [0, 0.05) is 36.5 Å². The van der Waals surface area contributed by atoms with Gasteiger partial charge in [0.2, 0.25) is 5.91 Å². The Labute approximate surface area is 223 Å². The van der Waals surface area contributed by atoms with Crippen molar-refractivity contribution < 1.29 is 18.9 Å². The predicted molar refractivity (Wildman–Crippen MR) is 146 cm³/mol. The van der Waals surface area contributed by atoms with Gasteiger partial charge in [-0.15, -0.1) is 0 Å². The van der Waals surface area contributed by atoms with Gasteiger partial charge in [0.25, 0.3) is 5.69 Å². The van der Waals surface area contributed by atoms with Gasteiger partial charge in [0.05, 0.1) is 29.5 Å². The summed E-state index contributed by atoms with van der Waals surface area (Å²) in [7, 11) is 1.53. The van der Waals surface area contributed by atoms with Crippen LogP contribution in [-0.4, -0.2) is 28.0 Å². The maximum absolute atomic E-state index is 11.8. The van der Waals surface area contributed by atoms with Gasteiger partial charge >= 0.3 is 0 Å². The average Bonchev–Trinajstić information content (AvgIpc) is 3.53. The molecule has 1 fully saturated rings. The first kappa shape index (κ1) is 24.9. The van der Waals surface area contributed by atoms with Crippen LogP contribution in [0, 0.1) is 10.1 Å². The largest absolute Gasteiger partial charge is 0.495 e. The van der Waals surface area contributed by atoms with E-state index < -0.39 is 11.0 Å². The number of ether oxygens (including phenoxy) is 1. The van der Waals surface area contributed by atoms with Crippen LogP contribution < -0.4 is 20.3 Å². The lowest BCUT2D eigenvalue weighted by Gasteiger charge is -2.27. The van der Waals surface area contributed by atoms with Gasteiger partial charge in [0.15, 0.2) is 5.11 Å². The van der Waals surface area contributed by atoms with Crippen molar-refractivity contribution in [3.8, 4) is 17.1 Å². The molecule has 192 valence electrons. The number of benzene rings is 2. The van der Waals surface area contributed by atoms with E-state index in [4.69, 9.17) is 21.4 Å². The molecular formula is C27H23N5O5S. The zero-order valence-corrected chi connectivity index (χ0v) is 21.3. The smallest absolute Gasteiger partial charge is 0.269 e. The molecule has 1 aliphatic rings. The van der Waals surface area contributed by atoms with Crippen molar-refractivity contribution in [3.63, 3.8) is 0 Å². The van der Waals surface area contributed by atoms with Crippen LogP contribution in [0.3, 0.4) is 0 Å². The molecule has 2 aromatic heterocycles. The Balaban J connectivity index is 1.58. The number of thiocarbonyl (C=S) groups is 1. The summed E-state index contributed by atoms with van der Waals surface area (Å²) >= 11 is 5.77. The Morgan fingerprint density at radius 3 is 2.61 bits per heavy atom. The average molecular weight is 530 g/mol. The van der Waals surface area contributed by atoms with Crippen LogP contribution in [0.1, 0.15) is 30.5 Å². The number of furan rings is 1. The third-order valence-electron chi connectivity index (χ3n) is 6.15. The standard InChI is InChI=1S/C27H23N5O5S/c1-16(33)29-21-15-19(10-11-23(21)36-2)31-26(25(30-27(31)38)20-5-3-4-14-28-20)24-13-12-22(37-24)17-6-8-18(9-7-17)32(34)35/h3-15,25-26H,1-2H3,(H,29,33)(H,30,38)/t25-,26-/m0/s1. The number of amides is 1. The van der Waals surface area contributed by atoms with E-state index in [-0.39, 0.29) is 17.6 Å². The second-order valence-electron chi connectivity index (χ2n) is 8.57. The highest BCUT2D eigenvalue weighted by Gasteiger charge is 2.42. The molecule has 2 N–H and O–H groups in total. The molecule has 0 aliphatic carbocycles. The van der Waals surface area contributed by atoms with Crippen molar-refractivity contribution in [1.29, 1.82) is 0 Å². The fraction of sp³-hybridized carbons (Fsp3) is 0.148. The second kappa shape index (κ2) is 10.3. The monoisotopic (exact) mass is 529 g/mol. The number of methoxy groups -OCH3 is 1. The highest BCUT2D eigenvalue weighted by molar-refractivity contribution is 7.80. The van der Waals surface area contributed by atoms with Crippen LogP contribution >= 0.6 is 12.2 Å². The summed E-state index contributed by atoms with van der Waals surface area (Å²) < 4.78 is 11.7. The lowest BCUT2D eigenvalue weighted by atomic mass is 10.0. The fourth-order valence-electron chi connectivity index (χ4n) is 4.47. The molecule has 1 aliphatic heterocycles. The molecule has 2 aromatic carbocycles. The molecule has 5 rings (SSSR count). The minimum Gasteiger partial charge on any atom is -0.495 e. The normalized spacial score (nSPS) is 16.7. The molecule has 4 aromatic rings. The Hall–Kier alpha value is -4.77. The summed E-state index contributed by atoms with van der Waals surface area (Å²) in [5.74, 6) is 1.45. The number of anilines is 2. The zero-order valence-electron chi connectivity index (χ0n) is 20.5. The van der Waals surface area contributed by atoms with Crippen molar-refractivity contribution in [1.82, 2.24) is 10.3 Å². The molecule has 2 atom stereocenters. The first-order valence-corrected chi connectivity index (χ1v) is 12.1. The van der Waals surface area contributed by atoms with Crippen LogP contribution in [0.5, 0.6) is 5.75 Å². The van der Waals surface area contributed by atoms with Crippen LogP contribution in [0.4, 0.5) is 17.1 Å². The lowest BCUT2D eigenvalue weighted by Crippen LogP contribution is -2.29. The van der Waals surface area contributed by atoms with E-state index in [0.717, 1.165) is 5.69 Å². The van der Waals surface area contributed by atoms with Gasteiger partial charge in [-0.2, -0.15) is 0 Å². The maximum Gasteiger partial charge on any atom is 0.269 e. The minimum absolute atomic E-state index is 0.00161. The van der Waals surface area contributed by atoms with Crippen LogP contribution in [0.15, 0.2) is 83.4 Å². The maximum atomic E-state index is 11.8. The number of nitro benzene ring substituents is 1. The highest BCUT2D eigenvalue weighted by Crippen LogP contribution is 2.44. The summed E-state index contributed by atoms with van der Waals surface area (Å²) in [5, 5.41) is 17.7. The van der Waals surface area contributed by atoms with E-state index >= 15 is 0 Å². The molecule has 0 unspecified atom stereocenters. The van der Waals surface area contributed by atoms with Gasteiger partial charge in [-0.1, -0.05) is 6.07 Å². The quantitative estimate of drug-likeness (QED) is 0.184. The Morgan fingerprint density at radius 2 is 1.95 bits per heavy atom. The summed E-state index contributed by atoms with van der Waals surface area (Å²) in [6.07, 6.45) is 1.71. The minimum atomic E-state index is -0.443. The molecule has 38 heavy (non-hydrogen) atoms. The topological polar surface area (TPSA) is 123 Å². The summed E-state index contributed by atoms with van der Waals surface area (Å²) in [6, 6.07) is 20.1. The number of nitrogens with zero attached hydrogens (tertiary/aromatic N) is 3. The summed E-state index contributed by atoms with van der Waals surface area (Å²) in [6.45, 7) is 1.43. The lowest BCUT2D eigenvalue weighted by molar-refractivity contribution is -0.384. The number of non-ortho nitro benzene ring substituents is 1. The Kier molecular flexibility index (Phi) is 6.75. The molecule has 0 radical (unpaired) electrons. The van der Waals surface area contributed by atoms with Crippen LogP contribution in [0.2, 0.25) is 0 Å². The van der Waals surface area contributed by atoms with E-state index in [1.54, 1.807) is 30.5 Å². The highest BCUT2D eigenvalue weighted by atomic mass is 32.1. The number of pyridine rings is 1. The molecular weight excluding hydrogens is 506 g/mol. The molecule has 11 heteroatoms. The third-order valence-corrected chi connectivity index (χ3v) is 6.47. The number of carbonyl (C=O) groups is 1. The van der Waals surface area contributed by atoms with Crippen molar-refractivity contribution in [2.45, 2.75) is 19.0 Å². The SMILES string of the molecule is COc1ccc(N2C(=S)N[C@@H](c3ccccn3)[C@@H]2c2ccc(-c3ccc([N+](=O)[O-])cc3)o2)cc1NC(C)=O. The van der Waals surface area contributed by atoms with E-state index in [0.29, 0.717) is 39.3 Å². The number of carbonyl (C=O) groups excluding carboxylic acids is 1. The molecule has 1 amide bonds. The third kappa shape index (κ3) is 4.78. The number of nitro groups is 1. The molecule has 3 heterocycles. The summed E-state index contributed by atoms with van der Waals surface area (Å²) in [4.78, 5) is 28.9. The number of rotatable bonds is 7. The molecule has 0 spiro atoms. The number of aromatic nitrogens is 1. The van der Waals surface area contributed by atoms with E-state index in [2.05, 4.69) is 15.6 Å². The molecule has 0 bridgehead atoms.